The summed E-state index contributed by atoms with van der Waals surface area (Å²) in [6.07, 6.45) is 0. The van der Waals surface area contributed by atoms with Gasteiger partial charge in [0.05, 0.1) is 7.11 Å². The summed E-state index contributed by atoms with van der Waals surface area (Å²) in [6.45, 7) is 0.884. The van der Waals surface area contributed by atoms with Gasteiger partial charge in [-0.3, -0.25) is 0 Å². The zero-order chi connectivity index (χ0) is 8.81. The summed E-state index contributed by atoms with van der Waals surface area (Å²) in [4.78, 5) is 0. The molecule has 0 aliphatic rings. The predicted octanol–water partition coefficient (Wildman–Crippen LogP) is 2.04. The molecule has 0 atom stereocenters. The zero-order valence-corrected chi connectivity index (χ0v) is 7.97. The number of hydrogen-bond acceptors (Lipinski definition) is 3. The van der Waals surface area contributed by atoms with E-state index >= 15 is 0 Å². The Labute approximate surface area is 78.3 Å². The third-order valence-corrected chi connectivity index (χ3v) is 1.75. The molecule has 0 fully saturated rings. The highest BCUT2D eigenvalue weighted by atomic mass is 32.1. The third-order valence-electron chi connectivity index (χ3n) is 1.53. The number of methoxy groups -OCH3 is 1. The molecule has 1 aromatic carbocycles. The summed E-state index contributed by atoms with van der Waals surface area (Å²) in [7, 11) is 1.66. The highest BCUT2D eigenvalue weighted by Crippen LogP contribution is 2.14. The van der Waals surface area contributed by atoms with Crippen LogP contribution in [0.3, 0.4) is 0 Å². The summed E-state index contributed by atoms with van der Waals surface area (Å²) in [6, 6.07) is 7.84. The molecule has 66 valence electrons. The summed E-state index contributed by atoms with van der Waals surface area (Å²) in [5, 5.41) is 3.21. The molecule has 1 aromatic rings. The number of hydrogen-bond donors (Lipinski definition) is 2. The molecule has 0 aliphatic carbocycles. The molecular formula is C9H13NOS. The van der Waals surface area contributed by atoms with Crippen LogP contribution in [0.4, 0.5) is 5.69 Å². The number of anilines is 1. The molecule has 3 heteroatoms. The van der Waals surface area contributed by atoms with Crippen LogP contribution < -0.4 is 10.1 Å². The van der Waals surface area contributed by atoms with Gasteiger partial charge in [-0.25, -0.2) is 0 Å². The van der Waals surface area contributed by atoms with Crippen molar-refractivity contribution in [3.05, 3.63) is 24.3 Å². The van der Waals surface area contributed by atoms with E-state index in [-0.39, 0.29) is 0 Å². The Morgan fingerprint density at radius 3 is 2.50 bits per heavy atom. The van der Waals surface area contributed by atoms with Gasteiger partial charge in [0.25, 0.3) is 0 Å². The van der Waals surface area contributed by atoms with Crippen molar-refractivity contribution < 1.29 is 4.74 Å². The first-order valence-electron chi connectivity index (χ1n) is 3.85. The SMILES string of the molecule is COc1ccc(NCCS)cc1. The first kappa shape index (κ1) is 9.26. The van der Waals surface area contributed by atoms with Gasteiger partial charge in [-0.05, 0) is 24.3 Å². The van der Waals surface area contributed by atoms with Crippen LogP contribution in [-0.2, 0) is 0 Å². The lowest BCUT2D eigenvalue weighted by atomic mass is 10.3. The van der Waals surface area contributed by atoms with Crippen molar-refractivity contribution in [3.63, 3.8) is 0 Å². The fraction of sp³-hybridized carbons (Fsp3) is 0.333. The van der Waals surface area contributed by atoms with Crippen molar-refractivity contribution in [1.29, 1.82) is 0 Å². The second-order valence-corrected chi connectivity index (χ2v) is 2.83. The fourth-order valence-electron chi connectivity index (χ4n) is 0.909. The van der Waals surface area contributed by atoms with E-state index in [4.69, 9.17) is 4.74 Å². The summed E-state index contributed by atoms with van der Waals surface area (Å²) in [5.41, 5.74) is 1.10. The maximum Gasteiger partial charge on any atom is 0.119 e. The van der Waals surface area contributed by atoms with E-state index in [0.29, 0.717) is 0 Å². The van der Waals surface area contributed by atoms with E-state index in [2.05, 4.69) is 17.9 Å². The Morgan fingerprint density at radius 1 is 1.33 bits per heavy atom. The van der Waals surface area contributed by atoms with Crippen LogP contribution in [-0.4, -0.2) is 19.4 Å². The van der Waals surface area contributed by atoms with Crippen LogP contribution >= 0.6 is 12.6 Å². The van der Waals surface area contributed by atoms with Crippen molar-refractivity contribution in [3.8, 4) is 5.75 Å². The molecule has 0 heterocycles. The van der Waals surface area contributed by atoms with E-state index < -0.39 is 0 Å². The number of ether oxygens (including phenoxy) is 1. The molecule has 0 spiro atoms. The second-order valence-electron chi connectivity index (χ2n) is 2.38. The van der Waals surface area contributed by atoms with Gasteiger partial charge in [0, 0.05) is 18.0 Å². The molecule has 0 aliphatic heterocycles. The number of nitrogens with one attached hydrogen (secondary N) is 1. The lowest BCUT2D eigenvalue weighted by molar-refractivity contribution is 0.415. The van der Waals surface area contributed by atoms with Gasteiger partial charge < -0.3 is 10.1 Å². The van der Waals surface area contributed by atoms with E-state index in [1.165, 1.54) is 0 Å². The molecular weight excluding hydrogens is 170 g/mol. The Bertz CT molecular complexity index is 222. The van der Waals surface area contributed by atoms with Crippen LogP contribution in [0, 0.1) is 0 Å². The smallest absolute Gasteiger partial charge is 0.119 e. The second kappa shape index (κ2) is 4.93. The van der Waals surface area contributed by atoms with Gasteiger partial charge in [0.2, 0.25) is 0 Å². The minimum atomic E-state index is 0.839. The molecule has 1 rings (SSSR count). The minimum Gasteiger partial charge on any atom is -0.497 e. The number of thiol groups is 1. The van der Waals surface area contributed by atoms with Crippen molar-refractivity contribution in [1.82, 2.24) is 0 Å². The molecule has 1 N–H and O–H groups in total. The van der Waals surface area contributed by atoms with E-state index in [1.807, 2.05) is 24.3 Å². The Morgan fingerprint density at radius 2 is 2.00 bits per heavy atom. The fourth-order valence-corrected chi connectivity index (χ4v) is 1.02. The lowest BCUT2D eigenvalue weighted by Crippen LogP contribution is -2.01. The largest absolute Gasteiger partial charge is 0.497 e. The maximum absolute atomic E-state index is 5.03. The third kappa shape index (κ3) is 2.66. The number of rotatable bonds is 4. The topological polar surface area (TPSA) is 21.3 Å². The van der Waals surface area contributed by atoms with Crippen LogP contribution in [0.15, 0.2) is 24.3 Å². The number of benzene rings is 1. The summed E-state index contributed by atoms with van der Waals surface area (Å²) < 4.78 is 5.03. The molecule has 0 unspecified atom stereocenters. The Kier molecular flexibility index (Phi) is 3.80. The highest BCUT2D eigenvalue weighted by Gasteiger charge is 1.91. The lowest BCUT2D eigenvalue weighted by Gasteiger charge is -2.04. The van der Waals surface area contributed by atoms with Gasteiger partial charge in [0.1, 0.15) is 5.75 Å². The van der Waals surface area contributed by atoms with Crippen molar-refractivity contribution in [2.45, 2.75) is 0 Å². The monoisotopic (exact) mass is 183 g/mol. The Hall–Kier alpha value is -0.830. The van der Waals surface area contributed by atoms with Gasteiger partial charge in [-0.2, -0.15) is 12.6 Å². The van der Waals surface area contributed by atoms with E-state index in [1.54, 1.807) is 7.11 Å². The van der Waals surface area contributed by atoms with E-state index in [0.717, 1.165) is 23.7 Å². The molecule has 0 saturated heterocycles. The van der Waals surface area contributed by atoms with Crippen molar-refractivity contribution in [2.75, 3.05) is 24.7 Å². The molecule has 0 saturated carbocycles. The normalized spacial score (nSPS) is 9.50. The quantitative estimate of drug-likeness (QED) is 0.697. The summed E-state index contributed by atoms with van der Waals surface area (Å²) >= 11 is 4.10. The summed E-state index contributed by atoms with van der Waals surface area (Å²) in [5.74, 6) is 1.72. The van der Waals surface area contributed by atoms with Gasteiger partial charge in [0.15, 0.2) is 0 Å². The standard InChI is InChI=1S/C9H13NOS/c1-11-9-4-2-8(3-5-9)10-6-7-12/h2-5,10,12H,6-7H2,1H3. The van der Waals surface area contributed by atoms with Gasteiger partial charge in [-0.1, -0.05) is 0 Å². The molecule has 0 aromatic heterocycles. The first-order valence-corrected chi connectivity index (χ1v) is 4.49. The van der Waals surface area contributed by atoms with Crippen molar-refractivity contribution in [2.24, 2.45) is 0 Å². The average Bonchev–Trinajstić information content (AvgIpc) is 2.15. The molecule has 2 nitrogen and oxygen atoms in total. The highest BCUT2D eigenvalue weighted by molar-refractivity contribution is 7.80. The zero-order valence-electron chi connectivity index (χ0n) is 7.08. The van der Waals surface area contributed by atoms with E-state index in [9.17, 15) is 0 Å². The maximum atomic E-state index is 5.03. The average molecular weight is 183 g/mol. The molecule has 0 amide bonds. The van der Waals surface area contributed by atoms with Gasteiger partial charge >= 0.3 is 0 Å². The van der Waals surface area contributed by atoms with Crippen LogP contribution in [0.2, 0.25) is 0 Å². The van der Waals surface area contributed by atoms with Crippen molar-refractivity contribution >= 4 is 18.3 Å². The molecule has 12 heavy (non-hydrogen) atoms. The van der Waals surface area contributed by atoms with Crippen LogP contribution in [0.1, 0.15) is 0 Å². The predicted molar refractivity (Wildman–Crippen MR) is 55.3 cm³/mol. The van der Waals surface area contributed by atoms with Crippen LogP contribution in [0.25, 0.3) is 0 Å². The first-order chi connectivity index (χ1) is 5.86. The molecule has 0 radical (unpaired) electrons. The molecule has 0 bridgehead atoms. The van der Waals surface area contributed by atoms with Crippen LogP contribution in [0.5, 0.6) is 5.75 Å². The van der Waals surface area contributed by atoms with Gasteiger partial charge in [-0.15, -0.1) is 0 Å². The minimum absolute atomic E-state index is 0.839. The Balaban J connectivity index is 2.53.